The largest absolute Gasteiger partial charge is 0.486 e. The van der Waals surface area contributed by atoms with Gasteiger partial charge in [0.25, 0.3) is 0 Å². The molecular weight excluding hydrogens is 287 g/mol. The van der Waals surface area contributed by atoms with Crippen LogP contribution in [0.15, 0.2) is 35.1 Å². The summed E-state index contributed by atoms with van der Waals surface area (Å²) in [5.41, 5.74) is 0. The zero-order chi connectivity index (χ0) is 12.3. The predicted octanol–water partition coefficient (Wildman–Crippen LogP) is 3.38. The molecule has 1 heterocycles. The van der Waals surface area contributed by atoms with Crippen molar-refractivity contribution < 1.29 is 9.13 Å². The quantitative estimate of drug-likeness (QED) is 0.865. The first-order valence-corrected chi connectivity index (χ1v) is 6.08. The first-order valence-electron chi connectivity index (χ1n) is 5.29. The molecule has 1 aromatic carbocycles. The van der Waals surface area contributed by atoms with E-state index < -0.39 is 0 Å². The molecule has 90 valence electrons. The summed E-state index contributed by atoms with van der Waals surface area (Å²) in [6.07, 6.45) is 1.89. The second-order valence-corrected chi connectivity index (χ2v) is 4.32. The van der Waals surface area contributed by atoms with Crippen LogP contribution in [0.2, 0.25) is 0 Å². The average molecular weight is 299 g/mol. The van der Waals surface area contributed by atoms with Crippen LogP contribution in [0.3, 0.4) is 0 Å². The van der Waals surface area contributed by atoms with Gasteiger partial charge in [-0.05, 0) is 35.0 Å². The Balaban J connectivity index is 2.06. The zero-order valence-electron chi connectivity index (χ0n) is 9.36. The molecule has 0 amide bonds. The van der Waals surface area contributed by atoms with Gasteiger partial charge < -0.3 is 9.30 Å². The molecule has 0 saturated carbocycles. The highest BCUT2D eigenvalue weighted by molar-refractivity contribution is 9.10. The van der Waals surface area contributed by atoms with Gasteiger partial charge in [-0.15, -0.1) is 0 Å². The minimum Gasteiger partial charge on any atom is -0.486 e. The van der Waals surface area contributed by atoms with E-state index in [-0.39, 0.29) is 5.82 Å². The predicted molar refractivity (Wildman–Crippen MR) is 66.3 cm³/mol. The minimum absolute atomic E-state index is 0.303. The summed E-state index contributed by atoms with van der Waals surface area (Å²) < 4.78 is 21.2. The molecule has 5 heteroatoms. The van der Waals surface area contributed by atoms with Crippen molar-refractivity contribution in [3.8, 4) is 5.75 Å². The fourth-order valence-corrected chi connectivity index (χ4v) is 1.96. The van der Waals surface area contributed by atoms with Crippen LogP contribution in [0.4, 0.5) is 4.39 Å². The fraction of sp³-hybridized carbons (Fsp3) is 0.250. The fourth-order valence-electron chi connectivity index (χ4n) is 1.51. The topological polar surface area (TPSA) is 27.1 Å². The van der Waals surface area contributed by atoms with Gasteiger partial charge >= 0.3 is 0 Å². The number of aryl methyl sites for hydroxylation is 1. The van der Waals surface area contributed by atoms with E-state index in [1.165, 1.54) is 12.1 Å². The smallest absolute Gasteiger partial charge is 0.148 e. The van der Waals surface area contributed by atoms with E-state index in [1.807, 2.05) is 17.7 Å². The Kier molecular flexibility index (Phi) is 3.78. The van der Waals surface area contributed by atoms with Crippen molar-refractivity contribution in [1.29, 1.82) is 0 Å². The van der Waals surface area contributed by atoms with Crippen LogP contribution in [0.1, 0.15) is 12.7 Å². The second-order valence-electron chi connectivity index (χ2n) is 3.51. The summed E-state index contributed by atoms with van der Waals surface area (Å²) >= 11 is 3.31. The van der Waals surface area contributed by atoms with E-state index in [1.54, 1.807) is 12.1 Å². The molecule has 2 aromatic rings. The molecule has 0 unspecified atom stereocenters. The third kappa shape index (κ3) is 3.06. The molecule has 0 aliphatic carbocycles. The number of rotatable bonds is 4. The van der Waals surface area contributed by atoms with Gasteiger partial charge in [-0.1, -0.05) is 6.07 Å². The van der Waals surface area contributed by atoms with Crippen molar-refractivity contribution in [2.24, 2.45) is 0 Å². The van der Waals surface area contributed by atoms with Crippen molar-refractivity contribution in [3.05, 3.63) is 46.7 Å². The summed E-state index contributed by atoms with van der Waals surface area (Å²) in [6.45, 7) is 3.17. The second kappa shape index (κ2) is 5.31. The minimum atomic E-state index is -0.303. The molecule has 0 fully saturated rings. The van der Waals surface area contributed by atoms with Crippen LogP contribution in [0, 0.1) is 5.82 Å². The SMILES string of the molecule is CCn1cc(Br)nc1COc1cccc(F)c1. The van der Waals surface area contributed by atoms with Crippen LogP contribution in [-0.2, 0) is 13.2 Å². The van der Waals surface area contributed by atoms with Crippen LogP contribution in [0.25, 0.3) is 0 Å². The normalized spacial score (nSPS) is 10.5. The molecule has 0 atom stereocenters. The first-order chi connectivity index (χ1) is 8.19. The molecule has 1 aromatic heterocycles. The number of halogens is 2. The number of aromatic nitrogens is 2. The van der Waals surface area contributed by atoms with E-state index in [0.29, 0.717) is 12.4 Å². The summed E-state index contributed by atoms with van der Waals surface area (Å²) in [7, 11) is 0. The van der Waals surface area contributed by atoms with E-state index >= 15 is 0 Å². The van der Waals surface area contributed by atoms with Gasteiger partial charge in [-0.2, -0.15) is 0 Å². The molecule has 3 nitrogen and oxygen atoms in total. The van der Waals surface area contributed by atoms with Gasteiger partial charge in [0.05, 0.1) is 0 Å². The number of imidazole rings is 1. The zero-order valence-corrected chi connectivity index (χ0v) is 10.9. The molecule has 0 saturated heterocycles. The maximum absolute atomic E-state index is 12.9. The summed E-state index contributed by atoms with van der Waals surface area (Å²) in [6, 6.07) is 6.08. The lowest BCUT2D eigenvalue weighted by atomic mass is 10.3. The van der Waals surface area contributed by atoms with Gasteiger partial charge in [-0.25, -0.2) is 9.37 Å². The highest BCUT2D eigenvalue weighted by Gasteiger charge is 2.06. The van der Waals surface area contributed by atoms with Crippen molar-refractivity contribution in [3.63, 3.8) is 0 Å². The van der Waals surface area contributed by atoms with Gasteiger partial charge in [0.15, 0.2) is 0 Å². The third-order valence-corrected chi connectivity index (χ3v) is 2.72. The Bertz CT molecular complexity index is 513. The maximum atomic E-state index is 12.9. The Morgan fingerprint density at radius 2 is 2.29 bits per heavy atom. The van der Waals surface area contributed by atoms with Crippen LogP contribution < -0.4 is 4.74 Å². The van der Waals surface area contributed by atoms with Crippen LogP contribution >= 0.6 is 15.9 Å². The van der Waals surface area contributed by atoms with Crippen LogP contribution in [-0.4, -0.2) is 9.55 Å². The standard InChI is InChI=1S/C12H12BrFN2O/c1-2-16-7-11(13)15-12(16)8-17-10-5-3-4-9(14)6-10/h3-7H,2,8H2,1H3. The average Bonchev–Trinajstić information content (AvgIpc) is 2.67. The van der Waals surface area contributed by atoms with E-state index in [0.717, 1.165) is 17.0 Å². The van der Waals surface area contributed by atoms with Crippen molar-refractivity contribution in [2.75, 3.05) is 0 Å². The first kappa shape index (κ1) is 12.1. The summed E-state index contributed by atoms with van der Waals surface area (Å²) in [5, 5.41) is 0. The van der Waals surface area contributed by atoms with Gasteiger partial charge in [0, 0.05) is 18.8 Å². The van der Waals surface area contributed by atoms with Gasteiger partial charge in [-0.3, -0.25) is 0 Å². The monoisotopic (exact) mass is 298 g/mol. The lowest BCUT2D eigenvalue weighted by molar-refractivity contribution is 0.288. The number of ether oxygens (including phenoxy) is 1. The molecule has 2 rings (SSSR count). The number of benzene rings is 1. The molecule has 0 aliphatic rings. The van der Waals surface area contributed by atoms with Crippen molar-refractivity contribution >= 4 is 15.9 Å². The molecule has 17 heavy (non-hydrogen) atoms. The molecular formula is C12H12BrFN2O. The number of hydrogen-bond donors (Lipinski definition) is 0. The van der Waals surface area contributed by atoms with Crippen LogP contribution in [0.5, 0.6) is 5.75 Å². The number of hydrogen-bond acceptors (Lipinski definition) is 2. The molecule has 0 radical (unpaired) electrons. The van der Waals surface area contributed by atoms with Crippen molar-refractivity contribution in [2.45, 2.75) is 20.1 Å². The Morgan fingerprint density at radius 1 is 1.47 bits per heavy atom. The molecule has 0 bridgehead atoms. The highest BCUT2D eigenvalue weighted by Crippen LogP contribution is 2.15. The van der Waals surface area contributed by atoms with E-state index in [2.05, 4.69) is 20.9 Å². The lowest BCUT2D eigenvalue weighted by Gasteiger charge is -2.07. The number of nitrogens with zero attached hydrogens (tertiary/aromatic N) is 2. The third-order valence-electron chi connectivity index (χ3n) is 2.33. The Morgan fingerprint density at radius 3 is 3.00 bits per heavy atom. The van der Waals surface area contributed by atoms with Crippen molar-refractivity contribution in [1.82, 2.24) is 9.55 Å². The Labute approximate surface area is 107 Å². The lowest BCUT2D eigenvalue weighted by Crippen LogP contribution is -2.05. The van der Waals surface area contributed by atoms with Gasteiger partial charge in [0.1, 0.15) is 28.6 Å². The van der Waals surface area contributed by atoms with E-state index in [4.69, 9.17) is 4.74 Å². The summed E-state index contributed by atoms with van der Waals surface area (Å²) in [4.78, 5) is 4.28. The van der Waals surface area contributed by atoms with E-state index in [9.17, 15) is 4.39 Å². The summed E-state index contributed by atoms with van der Waals surface area (Å²) in [5.74, 6) is 1.01. The Hall–Kier alpha value is -1.36. The maximum Gasteiger partial charge on any atom is 0.148 e. The molecule has 0 spiro atoms. The molecule has 0 N–H and O–H groups in total. The highest BCUT2D eigenvalue weighted by atomic mass is 79.9. The molecule has 0 aliphatic heterocycles. The van der Waals surface area contributed by atoms with Gasteiger partial charge in [0.2, 0.25) is 0 Å².